The number of methoxy groups -OCH3 is 4. The van der Waals surface area contributed by atoms with E-state index in [0.29, 0.717) is 65.0 Å². The lowest BCUT2D eigenvalue weighted by atomic mass is 10.1. The number of hydrogen-bond donors (Lipinski definition) is 0. The highest BCUT2D eigenvalue weighted by Gasteiger charge is 2.27. The fraction of sp³-hybridized carbons (Fsp3) is 0.232. The zero-order chi connectivity index (χ0) is 99.8. The maximum Gasteiger partial charge on any atom is 0.375 e. The van der Waals surface area contributed by atoms with Gasteiger partial charge in [-0.05, 0) is 166 Å². The van der Waals surface area contributed by atoms with E-state index >= 15 is 0 Å². The van der Waals surface area contributed by atoms with Gasteiger partial charge >= 0.3 is 23.9 Å². The van der Waals surface area contributed by atoms with E-state index in [-0.39, 0.29) is 173 Å². The number of oxazole rings is 4. The molecule has 0 aliphatic heterocycles. The molecule has 728 valence electrons. The molecule has 0 atom stereocenters. The summed E-state index contributed by atoms with van der Waals surface area (Å²) in [7, 11) is 4.93. The van der Waals surface area contributed by atoms with Gasteiger partial charge in [0.15, 0.2) is 47.2 Å². The van der Waals surface area contributed by atoms with Crippen molar-refractivity contribution >= 4 is 104 Å². The van der Waals surface area contributed by atoms with Gasteiger partial charge in [0.1, 0.15) is 127 Å². The molecule has 16 rings (SSSR count). The molecule has 0 saturated carbocycles. The van der Waals surface area contributed by atoms with Gasteiger partial charge in [-0.1, -0.05) is 24.3 Å². The summed E-state index contributed by atoms with van der Waals surface area (Å²) in [4.78, 5) is 110. The van der Waals surface area contributed by atoms with Crippen molar-refractivity contribution in [2.24, 2.45) is 0 Å². The largest absolute Gasteiger partial charge is 0.853 e. The number of rotatable bonds is 40. The van der Waals surface area contributed by atoms with Gasteiger partial charge in [0.2, 0.25) is 23.0 Å². The van der Waals surface area contributed by atoms with Crippen LogP contribution in [0, 0.1) is 52.1 Å². The lowest BCUT2D eigenvalue weighted by Gasteiger charge is -2.28. The lowest BCUT2D eigenvalue weighted by molar-refractivity contribution is -0.364. The normalized spacial score (nSPS) is 10.9. The quantitative estimate of drug-likeness (QED) is 0.0149. The molecule has 0 amide bonds. The van der Waals surface area contributed by atoms with Crippen LogP contribution < -0.4 is 68.1 Å². The molecular weight excluding hydrogens is 1840 g/mol. The molecule has 0 aliphatic carbocycles. The van der Waals surface area contributed by atoms with Gasteiger partial charge in [-0.3, -0.25) is 9.59 Å². The number of carbonyl (C=O) groups is 8. The number of aldehydes is 2. The van der Waals surface area contributed by atoms with E-state index in [1.54, 1.807) is 55.5 Å². The van der Waals surface area contributed by atoms with Gasteiger partial charge in [-0.15, -0.1) is 13.2 Å². The molecule has 0 aliphatic rings. The fourth-order valence-electron chi connectivity index (χ4n) is 13.7. The molecule has 0 N–H and O–H groups in total. The van der Waals surface area contributed by atoms with Gasteiger partial charge < -0.3 is 132 Å². The van der Waals surface area contributed by atoms with Crippen LogP contribution in [0.25, 0.3) is 90.5 Å². The number of hydrogen-bond acceptors (Lipinski definition) is 38. The van der Waals surface area contributed by atoms with Gasteiger partial charge in [0.05, 0.1) is 101 Å². The molecule has 0 fully saturated rings. The summed E-state index contributed by atoms with van der Waals surface area (Å²) in [5, 5.41) is 48.1. The van der Waals surface area contributed by atoms with Gasteiger partial charge in [0, 0.05) is 52.8 Å². The average Bonchev–Trinajstić information content (AvgIpc) is 1.63. The zero-order valence-corrected chi connectivity index (χ0v) is 76.1. The van der Waals surface area contributed by atoms with Crippen molar-refractivity contribution in [3.63, 3.8) is 0 Å². The van der Waals surface area contributed by atoms with Crippen molar-refractivity contribution in [2.45, 2.75) is 34.6 Å². The number of halogens is 3. The summed E-state index contributed by atoms with van der Waals surface area (Å²) in [6.07, 6.45) is 5.95. The molecule has 8 heterocycles. The number of aromatic nitrogens is 4. The van der Waals surface area contributed by atoms with Crippen molar-refractivity contribution in [3.05, 3.63) is 250 Å². The van der Waals surface area contributed by atoms with Gasteiger partial charge in [0.25, 0.3) is 23.6 Å². The SMILES string of the molecule is COC(=O)c1cnc(-c2cc3cc(OCCOc4c(C)cccc4F)c(C)cc3o2)o1.COC(=O)c1cnc(-c2cc3cc(OCCOc4cc(C)ccc4C)c(C)cc3o2)o1.COC(=O)c1cnc(-c2cc3cc(OCCOc4cc(F)ccc4C=O)c(N(CC[O-])CC(=O)[O-])cc3o2)o1.COC(=O)c1cnc(-c2cc3cc(OCCOc4ccc(F)cc4C=O)c(N(CC[O-])CC(=O)[O-])cc3o2)o1. The van der Waals surface area contributed by atoms with E-state index in [4.69, 9.17) is 73.2 Å². The Hall–Kier alpha value is -17.4. The molecule has 8 aromatic carbocycles. The second kappa shape index (κ2) is 46.7. The number of esters is 4. The van der Waals surface area contributed by atoms with Crippen LogP contribution in [0.15, 0.2) is 206 Å². The molecule has 8 aromatic heterocycles. The Balaban J connectivity index is 0.000000158. The van der Waals surface area contributed by atoms with E-state index in [1.807, 2.05) is 64.1 Å². The zero-order valence-electron chi connectivity index (χ0n) is 76.1. The Kier molecular flexibility index (Phi) is 33.4. The molecule has 38 nitrogen and oxygen atoms in total. The number of carboxylic acids is 2. The number of para-hydroxylation sites is 1. The molecule has 140 heavy (non-hydrogen) atoms. The van der Waals surface area contributed by atoms with Crippen LogP contribution in [0.1, 0.15) is 90.8 Å². The van der Waals surface area contributed by atoms with Crippen LogP contribution in [0.3, 0.4) is 0 Å². The molecule has 0 saturated heterocycles. The summed E-state index contributed by atoms with van der Waals surface area (Å²) in [6, 6.07) is 38.1. The molecule has 0 radical (unpaired) electrons. The van der Waals surface area contributed by atoms with Gasteiger partial charge in [-0.25, -0.2) is 52.3 Å². The number of ether oxygens (including phenoxy) is 12. The first-order chi connectivity index (χ1) is 67.5. The van der Waals surface area contributed by atoms with Crippen molar-refractivity contribution in [1.29, 1.82) is 0 Å². The van der Waals surface area contributed by atoms with Crippen molar-refractivity contribution in [2.75, 3.05) is 130 Å². The number of carbonyl (C=O) groups excluding carboxylic acids is 8. The average molecular weight is 1930 g/mol. The van der Waals surface area contributed by atoms with E-state index in [2.05, 4.69) is 44.9 Å². The highest BCUT2D eigenvalue weighted by molar-refractivity contribution is 5.93. The molecule has 41 heteroatoms. The van der Waals surface area contributed by atoms with Crippen molar-refractivity contribution in [3.8, 4) is 92.6 Å². The van der Waals surface area contributed by atoms with Crippen LogP contribution in [0.2, 0.25) is 0 Å². The number of fused-ring (bicyclic) bond motifs is 4. The third kappa shape index (κ3) is 25.2. The number of nitrogens with zero attached hydrogens (tertiary/aromatic N) is 6. The Morgan fingerprint density at radius 2 is 0.700 bits per heavy atom. The third-order valence-electron chi connectivity index (χ3n) is 20.4. The Morgan fingerprint density at radius 3 is 1.08 bits per heavy atom. The lowest BCUT2D eigenvalue weighted by Crippen LogP contribution is -2.41. The van der Waals surface area contributed by atoms with Crippen LogP contribution in [0.4, 0.5) is 24.5 Å². The number of aryl methyl sites for hydroxylation is 5. The molecule has 16 aromatic rings. The third-order valence-corrected chi connectivity index (χ3v) is 20.4. The number of carboxylic acid groups (broad SMARTS) is 2. The summed E-state index contributed by atoms with van der Waals surface area (Å²) >= 11 is 0. The summed E-state index contributed by atoms with van der Waals surface area (Å²) < 4.78 is 150. The van der Waals surface area contributed by atoms with Crippen LogP contribution in [-0.2, 0) is 28.5 Å². The van der Waals surface area contributed by atoms with E-state index in [0.717, 1.165) is 74.4 Å². The molecule has 0 unspecified atom stereocenters. The Morgan fingerprint density at radius 1 is 0.350 bits per heavy atom. The number of furan rings is 4. The van der Waals surface area contributed by atoms with Crippen molar-refractivity contribution < 1.29 is 164 Å². The Labute approximate surface area is 791 Å². The van der Waals surface area contributed by atoms with E-state index < -0.39 is 79.6 Å². The summed E-state index contributed by atoms with van der Waals surface area (Å²) in [6.45, 7) is 7.94. The minimum atomic E-state index is -1.42. The van der Waals surface area contributed by atoms with Crippen LogP contribution in [0.5, 0.6) is 46.0 Å². The minimum absolute atomic E-state index is 0.000415. The smallest absolute Gasteiger partial charge is 0.375 e. The first-order valence-electron chi connectivity index (χ1n) is 42.4. The topological polar surface area (TPSA) is 503 Å². The molecule has 0 bridgehead atoms. The predicted octanol–water partition coefficient (Wildman–Crippen LogP) is 12.7. The Bertz CT molecular complexity index is 7120. The second-order valence-electron chi connectivity index (χ2n) is 30.1. The summed E-state index contributed by atoms with van der Waals surface area (Å²) in [5.74, 6) is -2.75. The second-order valence-corrected chi connectivity index (χ2v) is 30.1. The van der Waals surface area contributed by atoms with Gasteiger partial charge in [-0.2, -0.15) is 0 Å². The summed E-state index contributed by atoms with van der Waals surface area (Å²) in [5.41, 5.74) is 7.28. The highest BCUT2D eigenvalue weighted by atomic mass is 19.1. The number of benzene rings is 8. The molecular formula is C99H85F3N6O32-4. The fourth-order valence-corrected chi connectivity index (χ4v) is 13.7. The van der Waals surface area contributed by atoms with Crippen LogP contribution in [-0.4, -0.2) is 189 Å². The van der Waals surface area contributed by atoms with Crippen molar-refractivity contribution in [1.82, 2.24) is 19.9 Å². The highest BCUT2D eigenvalue weighted by Crippen LogP contribution is 2.42. The maximum atomic E-state index is 13.8. The van der Waals surface area contributed by atoms with E-state index in [1.165, 1.54) is 93.4 Å². The first-order valence-corrected chi connectivity index (χ1v) is 42.4. The minimum Gasteiger partial charge on any atom is -0.853 e. The molecule has 0 spiro atoms. The standard InChI is InChI=1S/2C26H22FN2O10.C24H23NO6.C23H20FNO6/c1-35-26(34)23-12-28-25(39-23)22-10-15-9-21(18(11-20(15)38-22)29(4-5-30)13-24(32)33)37-7-6-36-19-3-2-17(27)8-16(19)14-31;1-35-26(34)23-12-28-25(39-23)22-9-16-8-21(18(11-20(16)38-22)29(4-5-30)13-24(32)33)37-7-6-36-19-10-17(27)3-2-15(19)14-31;1-14-5-6-15(2)18(9-14)28-7-8-29-19-11-17-12-21(30-20(17)10-16(19)3)23-25-13-22(31-23)24(26)27-4;1-13-5-4-6-16(24)21(13)29-8-7-28-17-10-15-11-19(30-18(15)9-14(17)2)22-25-12-20(31-22)23(26)27-3/h2*2-3,8-12,14H,4-7,13H2,1H3,(H,32,33);5-6,9-13H,7-8H2,1-4H3;4-6,9-12H,7-8H2,1-3H3/q2*-1;;/p-2. The van der Waals surface area contributed by atoms with Crippen LogP contribution >= 0.6 is 0 Å². The maximum absolute atomic E-state index is 13.8. The number of anilines is 2. The predicted molar refractivity (Wildman–Crippen MR) is 480 cm³/mol. The first kappa shape index (κ1) is 100. The monoisotopic (exact) mass is 1930 g/mol. The number of aliphatic carboxylic acids is 2. The van der Waals surface area contributed by atoms with E-state index in [9.17, 15) is 72.0 Å².